The van der Waals surface area contributed by atoms with Crippen LogP contribution in [0.25, 0.3) is 10.8 Å². The van der Waals surface area contributed by atoms with Crippen LogP contribution in [0, 0.1) is 5.92 Å². The molecule has 214 valence electrons. The second-order valence-corrected chi connectivity index (χ2v) is 11.0. The molecule has 1 aromatic heterocycles. The van der Waals surface area contributed by atoms with E-state index in [0.717, 1.165) is 5.39 Å². The van der Waals surface area contributed by atoms with Gasteiger partial charge in [0.2, 0.25) is 11.8 Å². The Kier molecular flexibility index (Phi) is 8.49. The highest BCUT2D eigenvalue weighted by Crippen LogP contribution is 2.28. The number of carbonyl (C=O) groups is 4. The fraction of sp³-hybridized carbons (Fsp3) is 0.367. The molecular formula is C30H30ClFN4O5. The number of hydrogen-bond acceptors (Lipinski definition) is 5. The first kappa shape index (κ1) is 28.5. The van der Waals surface area contributed by atoms with Crippen molar-refractivity contribution in [3.05, 3.63) is 71.0 Å². The molecule has 3 aromatic rings. The van der Waals surface area contributed by atoms with Gasteiger partial charge in [-0.2, -0.15) is 0 Å². The van der Waals surface area contributed by atoms with E-state index in [0.29, 0.717) is 42.3 Å². The van der Waals surface area contributed by atoms with Crippen LogP contribution in [0.1, 0.15) is 48.2 Å². The van der Waals surface area contributed by atoms with Gasteiger partial charge in [-0.05, 0) is 54.8 Å². The van der Waals surface area contributed by atoms with Crippen LogP contribution >= 0.6 is 11.6 Å². The van der Waals surface area contributed by atoms with E-state index < -0.39 is 41.8 Å². The molecule has 2 heterocycles. The topological polar surface area (TPSA) is 129 Å². The number of carboxylic acid groups (broad SMARTS) is 1. The van der Waals surface area contributed by atoms with Gasteiger partial charge in [0.1, 0.15) is 17.9 Å². The fourth-order valence-electron chi connectivity index (χ4n) is 5.62. The van der Waals surface area contributed by atoms with Crippen molar-refractivity contribution in [3.63, 3.8) is 0 Å². The van der Waals surface area contributed by atoms with E-state index in [1.54, 1.807) is 24.4 Å². The average Bonchev–Trinajstić information content (AvgIpc) is 3.36. The van der Waals surface area contributed by atoms with Gasteiger partial charge in [-0.25, -0.2) is 4.39 Å². The molecule has 1 aliphatic carbocycles. The molecular weight excluding hydrogens is 551 g/mol. The van der Waals surface area contributed by atoms with Gasteiger partial charge in [0, 0.05) is 24.0 Å². The standard InChI is InChI=1S/C30H30ClFN4O5/c31-23-13-17(5-10-24(23)35-29(39)27-22-4-2-1-3-18(22)11-12-33-27)14-26(37)36-16-20(32)15-25(36)28(38)34-21-8-6-19(7-9-21)30(40)41/h1-5,10-13,19-21,25H,6-9,14-16H2,(H,34,38)(H,35,39)(H,40,41)/t19-,20-,21-,25-/m0/s1. The third-order valence-electron chi connectivity index (χ3n) is 7.82. The Bertz CT molecular complexity index is 1490. The van der Waals surface area contributed by atoms with E-state index in [1.165, 1.54) is 4.90 Å². The molecule has 11 heteroatoms. The number of aromatic nitrogens is 1. The lowest BCUT2D eigenvalue weighted by Gasteiger charge is -2.30. The van der Waals surface area contributed by atoms with E-state index in [4.69, 9.17) is 11.6 Å². The van der Waals surface area contributed by atoms with E-state index >= 15 is 0 Å². The second kappa shape index (κ2) is 12.2. The maximum atomic E-state index is 14.4. The minimum absolute atomic E-state index is 0.0873. The van der Waals surface area contributed by atoms with E-state index in [1.807, 2.05) is 30.3 Å². The molecule has 1 aliphatic heterocycles. The number of nitrogens with one attached hydrogen (secondary N) is 2. The number of amides is 3. The van der Waals surface area contributed by atoms with Crippen LogP contribution in [0.15, 0.2) is 54.7 Å². The molecule has 5 rings (SSSR count). The van der Waals surface area contributed by atoms with Crippen molar-refractivity contribution in [2.45, 2.75) is 56.8 Å². The van der Waals surface area contributed by atoms with Crippen molar-refractivity contribution < 1.29 is 28.7 Å². The summed E-state index contributed by atoms with van der Waals surface area (Å²) in [7, 11) is 0. The maximum absolute atomic E-state index is 14.4. The molecule has 0 spiro atoms. The summed E-state index contributed by atoms with van der Waals surface area (Å²) in [4.78, 5) is 55.8. The number of carboxylic acids is 1. The average molecular weight is 581 g/mol. The van der Waals surface area contributed by atoms with Crippen molar-refractivity contribution >= 4 is 51.8 Å². The number of carbonyl (C=O) groups excluding carboxylic acids is 3. The summed E-state index contributed by atoms with van der Waals surface area (Å²) in [6.45, 7) is -0.178. The number of alkyl halides is 1. The van der Waals surface area contributed by atoms with Crippen LogP contribution in [-0.4, -0.2) is 63.5 Å². The van der Waals surface area contributed by atoms with Crippen LogP contribution in [0.2, 0.25) is 5.02 Å². The van der Waals surface area contributed by atoms with Crippen LogP contribution in [0.4, 0.5) is 10.1 Å². The number of likely N-dealkylation sites (tertiary alicyclic amines) is 1. The molecule has 2 aliphatic rings. The van der Waals surface area contributed by atoms with Crippen molar-refractivity contribution in [2.75, 3.05) is 11.9 Å². The number of fused-ring (bicyclic) bond motifs is 1. The summed E-state index contributed by atoms with van der Waals surface area (Å²) in [6.07, 6.45) is 2.05. The highest BCUT2D eigenvalue weighted by molar-refractivity contribution is 6.34. The lowest BCUT2D eigenvalue weighted by atomic mass is 9.86. The van der Waals surface area contributed by atoms with Gasteiger partial charge in [0.25, 0.3) is 5.91 Å². The Labute approximate surface area is 241 Å². The molecule has 41 heavy (non-hydrogen) atoms. The van der Waals surface area contributed by atoms with Gasteiger partial charge >= 0.3 is 5.97 Å². The molecule has 3 N–H and O–H groups in total. The first-order valence-corrected chi connectivity index (χ1v) is 14.0. The van der Waals surface area contributed by atoms with Gasteiger partial charge in [0.05, 0.1) is 29.6 Å². The molecule has 0 radical (unpaired) electrons. The molecule has 1 saturated heterocycles. The smallest absolute Gasteiger partial charge is 0.306 e. The molecule has 9 nitrogen and oxygen atoms in total. The molecule has 0 bridgehead atoms. The van der Waals surface area contributed by atoms with E-state index in [2.05, 4.69) is 15.6 Å². The van der Waals surface area contributed by atoms with Crippen molar-refractivity contribution in [1.29, 1.82) is 0 Å². The number of anilines is 1. The number of hydrogen-bond donors (Lipinski definition) is 3. The molecule has 2 atom stereocenters. The summed E-state index contributed by atoms with van der Waals surface area (Å²) >= 11 is 6.44. The molecule has 3 amide bonds. The summed E-state index contributed by atoms with van der Waals surface area (Å²) in [5, 5.41) is 16.6. The van der Waals surface area contributed by atoms with Crippen molar-refractivity contribution in [2.24, 2.45) is 5.92 Å². The van der Waals surface area contributed by atoms with Crippen molar-refractivity contribution in [3.8, 4) is 0 Å². The minimum atomic E-state index is -1.32. The zero-order chi connectivity index (χ0) is 29.1. The lowest BCUT2D eigenvalue weighted by Crippen LogP contribution is -2.50. The van der Waals surface area contributed by atoms with Gasteiger partial charge in [-0.3, -0.25) is 24.2 Å². The number of benzene rings is 2. The zero-order valence-corrected chi connectivity index (χ0v) is 22.9. The van der Waals surface area contributed by atoms with Gasteiger partial charge in [-0.1, -0.05) is 41.9 Å². The third-order valence-corrected chi connectivity index (χ3v) is 8.13. The maximum Gasteiger partial charge on any atom is 0.306 e. The number of rotatable bonds is 7. The van der Waals surface area contributed by atoms with E-state index in [9.17, 15) is 28.7 Å². The Morgan fingerprint density at radius 1 is 1.05 bits per heavy atom. The summed E-state index contributed by atoms with van der Waals surface area (Å²) < 4.78 is 14.4. The third kappa shape index (κ3) is 6.48. The minimum Gasteiger partial charge on any atom is -0.481 e. The van der Waals surface area contributed by atoms with Crippen LogP contribution < -0.4 is 10.6 Å². The fourth-order valence-corrected chi connectivity index (χ4v) is 5.87. The SMILES string of the molecule is O=C(Nc1ccc(CC(=O)N2C[C@@H](F)C[C@H]2C(=O)N[C@H]2CC[C@H](C(=O)O)CC2)cc1Cl)c1nccc2ccccc12. The van der Waals surface area contributed by atoms with Crippen LogP contribution in [-0.2, 0) is 20.8 Å². The summed E-state index contributed by atoms with van der Waals surface area (Å²) in [5.41, 5.74) is 1.16. The second-order valence-electron chi connectivity index (χ2n) is 10.6. The Hall–Kier alpha value is -4.05. The Balaban J connectivity index is 1.21. The molecule has 0 unspecified atom stereocenters. The first-order chi connectivity index (χ1) is 19.7. The normalized spacial score (nSPS) is 22.3. The number of pyridine rings is 1. The number of halogens is 2. The quantitative estimate of drug-likeness (QED) is 0.380. The Morgan fingerprint density at radius 2 is 1.80 bits per heavy atom. The summed E-state index contributed by atoms with van der Waals surface area (Å²) in [6, 6.07) is 12.9. The first-order valence-electron chi connectivity index (χ1n) is 13.6. The molecule has 2 fully saturated rings. The lowest BCUT2D eigenvalue weighted by molar-refractivity contribution is -0.143. The predicted octanol–water partition coefficient (Wildman–Crippen LogP) is 4.38. The highest BCUT2D eigenvalue weighted by atomic mass is 35.5. The zero-order valence-electron chi connectivity index (χ0n) is 22.2. The van der Waals surface area contributed by atoms with Gasteiger partial charge < -0.3 is 20.6 Å². The summed E-state index contributed by atoms with van der Waals surface area (Å²) in [5.74, 6) is -2.50. The predicted molar refractivity (Wildman–Crippen MR) is 151 cm³/mol. The van der Waals surface area contributed by atoms with Crippen LogP contribution in [0.5, 0.6) is 0 Å². The van der Waals surface area contributed by atoms with Crippen molar-refractivity contribution in [1.82, 2.24) is 15.2 Å². The van der Waals surface area contributed by atoms with Crippen LogP contribution in [0.3, 0.4) is 0 Å². The molecule has 2 aromatic carbocycles. The van der Waals surface area contributed by atoms with Gasteiger partial charge in [0.15, 0.2) is 0 Å². The van der Waals surface area contributed by atoms with E-state index in [-0.39, 0.29) is 36.1 Å². The highest BCUT2D eigenvalue weighted by Gasteiger charge is 2.40. The molecule has 1 saturated carbocycles. The largest absolute Gasteiger partial charge is 0.481 e. The van der Waals surface area contributed by atoms with Gasteiger partial charge in [-0.15, -0.1) is 0 Å². The monoisotopic (exact) mass is 580 g/mol. The number of nitrogens with zero attached hydrogens (tertiary/aromatic N) is 2. The number of aliphatic carboxylic acids is 1. The Morgan fingerprint density at radius 3 is 2.54 bits per heavy atom.